The number of hydrogen-bond acceptors (Lipinski definition) is 9. The molecule has 9 nitrogen and oxygen atoms in total. The molecule has 2 aromatic rings. The summed E-state index contributed by atoms with van der Waals surface area (Å²) in [5.74, 6) is 1.54. The third kappa shape index (κ3) is 5.05. The zero-order chi connectivity index (χ0) is 20.1. The minimum Gasteiger partial charge on any atom is -0.378 e. The van der Waals surface area contributed by atoms with Crippen LogP contribution in [0.25, 0.3) is 0 Å². The number of hydrazone groups is 1. The predicted molar refractivity (Wildman–Crippen MR) is 114 cm³/mol. The van der Waals surface area contributed by atoms with Crippen molar-refractivity contribution in [1.29, 1.82) is 0 Å². The molecule has 2 aliphatic heterocycles. The number of halogens is 2. The second-order valence-electron chi connectivity index (χ2n) is 6.46. The van der Waals surface area contributed by atoms with Gasteiger partial charge in [-0.2, -0.15) is 20.1 Å². The van der Waals surface area contributed by atoms with Crippen LogP contribution in [0.15, 0.2) is 23.3 Å². The van der Waals surface area contributed by atoms with Gasteiger partial charge in [0, 0.05) is 31.7 Å². The van der Waals surface area contributed by atoms with E-state index in [9.17, 15) is 0 Å². The summed E-state index contributed by atoms with van der Waals surface area (Å²) in [6, 6.07) is 5.29. The predicted octanol–water partition coefficient (Wildman–Crippen LogP) is 2.30. The highest BCUT2D eigenvalue weighted by atomic mass is 35.5. The summed E-state index contributed by atoms with van der Waals surface area (Å²) in [6.45, 7) is 5.48. The van der Waals surface area contributed by atoms with Crippen LogP contribution in [0.2, 0.25) is 10.0 Å². The largest absolute Gasteiger partial charge is 0.378 e. The van der Waals surface area contributed by atoms with Crippen LogP contribution >= 0.6 is 23.2 Å². The van der Waals surface area contributed by atoms with Crippen molar-refractivity contribution in [3.63, 3.8) is 0 Å². The smallest absolute Gasteiger partial charge is 0.250 e. The first-order valence-corrected chi connectivity index (χ1v) is 10.1. The zero-order valence-electron chi connectivity index (χ0n) is 15.7. The van der Waals surface area contributed by atoms with E-state index in [1.165, 1.54) is 0 Å². The fourth-order valence-corrected chi connectivity index (χ4v) is 3.50. The van der Waals surface area contributed by atoms with Gasteiger partial charge in [0.25, 0.3) is 0 Å². The number of aromatic nitrogens is 3. The van der Waals surface area contributed by atoms with Gasteiger partial charge in [-0.25, -0.2) is 5.43 Å². The third-order valence-corrected chi connectivity index (χ3v) is 5.22. The highest BCUT2D eigenvalue weighted by Crippen LogP contribution is 2.22. The minimum atomic E-state index is 0.349. The maximum absolute atomic E-state index is 6.18. The van der Waals surface area contributed by atoms with Crippen LogP contribution in [0.1, 0.15) is 5.56 Å². The Labute approximate surface area is 178 Å². The number of ether oxygens (including phenoxy) is 2. The molecule has 2 fully saturated rings. The Morgan fingerprint density at radius 2 is 1.38 bits per heavy atom. The maximum atomic E-state index is 6.18. The van der Waals surface area contributed by atoms with Crippen molar-refractivity contribution in [2.75, 3.05) is 67.8 Å². The van der Waals surface area contributed by atoms with Gasteiger partial charge in [-0.15, -0.1) is 0 Å². The molecule has 0 radical (unpaired) electrons. The number of hydrogen-bond donors (Lipinski definition) is 1. The lowest BCUT2D eigenvalue weighted by atomic mass is 10.2. The van der Waals surface area contributed by atoms with Gasteiger partial charge in [-0.3, -0.25) is 0 Å². The molecule has 2 saturated heterocycles. The molecule has 4 rings (SSSR count). The van der Waals surface area contributed by atoms with Crippen LogP contribution in [0.5, 0.6) is 0 Å². The van der Waals surface area contributed by atoms with E-state index in [4.69, 9.17) is 32.7 Å². The summed E-state index contributed by atoms with van der Waals surface area (Å²) in [4.78, 5) is 17.9. The Hall–Kier alpha value is -2.20. The molecule has 1 aromatic heterocycles. The van der Waals surface area contributed by atoms with E-state index in [1.807, 2.05) is 0 Å². The Balaban J connectivity index is 1.58. The fourth-order valence-electron chi connectivity index (χ4n) is 3.00. The highest BCUT2D eigenvalue weighted by Gasteiger charge is 2.20. The average Bonchev–Trinajstić information content (AvgIpc) is 2.77. The first-order chi connectivity index (χ1) is 14.2. The van der Waals surface area contributed by atoms with Crippen LogP contribution in [0, 0.1) is 0 Å². The number of morpholine rings is 2. The van der Waals surface area contributed by atoms with Gasteiger partial charge < -0.3 is 19.3 Å². The summed E-state index contributed by atoms with van der Waals surface area (Å²) in [5.41, 5.74) is 3.50. The standard InChI is InChI=1S/C18H21Cl2N7O2/c19-14-2-1-3-15(20)13(14)12-21-25-16-22-17(26-4-8-28-9-5-26)24-18(23-16)27-6-10-29-11-7-27/h1-3,12H,4-11H2,(H,22,23,24,25)/b21-12+. The van der Waals surface area contributed by atoms with Crippen molar-refractivity contribution >= 4 is 47.3 Å². The second-order valence-corrected chi connectivity index (χ2v) is 7.28. The molecule has 29 heavy (non-hydrogen) atoms. The Bertz CT molecular complexity index is 815. The van der Waals surface area contributed by atoms with E-state index in [0.717, 1.165) is 26.2 Å². The molecule has 3 heterocycles. The number of anilines is 3. The van der Waals surface area contributed by atoms with Crippen molar-refractivity contribution in [1.82, 2.24) is 15.0 Å². The third-order valence-electron chi connectivity index (χ3n) is 4.56. The Morgan fingerprint density at radius 1 is 0.862 bits per heavy atom. The number of nitrogens with one attached hydrogen (secondary N) is 1. The summed E-state index contributed by atoms with van der Waals surface area (Å²) >= 11 is 12.4. The average molecular weight is 438 g/mol. The van der Waals surface area contributed by atoms with Gasteiger partial charge in [0.05, 0.1) is 42.7 Å². The molecule has 154 valence electrons. The molecule has 1 aromatic carbocycles. The van der Waals surface area contributed by atoms with Gasteiger partial charge in [-0.1, -0.05) is 29.3 Å². The highest BCUT2D eigenvalue weighted by molar-refractivity contribution is 6.38. The molecule has 0 aliphatic carbocycles. The second kappa shape index (κ2) is 9.53. The van der Waals surface area contributed by atoms with Gasteiger partial charge in [0.1, 0.15) is 0 Å². The van der Waals surface area contributed by atoms with Crippen molar-refractivity contribution in [2.24, 2.45) is 5.10 Å². The van der Waals surface area contributed by atoms with E-state index in [-0.39, 0.29) is 0 Å². The molecule has 1 N–H and O–H groups in total. The zero-order valence-corrected chi connectivity index (χ0v) is 17.2. The first-order valence-electron chi connectivity index (χ1n) is 9.35. The minimum absolute atomic E-state index is 0.349. The van der Waals surface area contributed by atoms with E-state index in [1.54, 1.807) is 24.4 Å². The quantitative estimate of drug-likeness (QED) is 0.562. The monoisotopic (exact) mass is 437 g/mol. The number of nitrogens with zero attached hydrogens (tertiary/aromatic N) is 6. The lowest BCUT2D eigenvalue weighted by molar-refractivity contribution is 0.121. The fraction of sp³-hybridized carbons (Fsp3) is 0.444. The van der Waals surface area contributed by atoms with Crippen molar-refractivity contribution in [3.8, 4) is 0 Å². The van der Waals surface area contributed by atoms with E-state index < -0.39 is 0 Å². The van der Waals surface area contributed by atoms with Crippen LogP contribution in [0.3, 0.4) is 0 Å². The molecule has 0 unspecified atom stereocenters. The molecule has 0 amide bonds. The van der Waals surface area contributed by atoms with Gasteiger partial charge >= 0.3 is 0 Å². The summed E-state index contributed by atoms with van der Waals surface area (Å²) in [7, 11) is 0. The molecule has 0 atom stereocenters. The van der Waals surface area contributed by atoms with Crippen LogP contribution < -0.4 is 15.2 Å². The lowest BCUT2D eigenvalue weighted by Gasteiger charge is -2.30. The van der Waals surface area contributed by atoms with Gasteiger partial charge in [-0.05, 0) is 12.1 Å². The summed E-state index contributed by atoms with van der Waals surface area (Å²) < 4.78 is 10.9. The van der Waals surface area contributed by atoms with Crippen LogP contribution in [0.4, 0.5) is 17.8 Å². The molecule has 11 heteroatoms. The molecular formula is C18H21Cl2N7O2. The first kappa shape index (κ1) is 20.1. The molecule has 0 spiro atoms. The molecule has 0 saturated carbocycles. The van der Waals surface area contributed by atoms with Crippen LogP contribution in [-0.4, -0.2) is 73.8 Å². The maximum Gasteiger partial charge on any atom is 0.250 e. The SMILES string of the molecule is Clc1cccc(Cl)c1/C=N/Nc1nc(N2CCOCC2)nc(N2CCOCC2)n1. The van der Waals surface area contributed by atoms with Crippen molar-refractivity contribution in [2.45, 2.75) is 0 Å². The summed E-state index contributed by atoms with van der Waals surface area (Å²) in [6.07, 6.45) is 1.55. The topological polar surface area (TPSA) is 88.0 Å². The lowest BCUT2D eigenvalue weighted by Crippen LogP contribution is -2.40. The van der Waals surface area contributed by atoms with E-state index >= 15 is 0 Å². The Kier molecular flexibility index (Phi) is 6.60. The number of rotatable bonds is 5. The summed E-state index contributed by atoms with van der Waals surface area (Å²) in [5, 5.41) is 5.25. The van der Waals surface area contributed by atoms with Gasteiger partial charge in [0.2, 0.25) is 17.8 Å². The molecular weight excluding hydrogens is 417 g/mol. The Morgan fingerprint density at radius 3 is 1.90 bits per heavy atom. The molecule has 0 bridgehead atoms. The van der Waals surface area contributed by atoms with Crippen LogP contribution in [-0.2, 0) is 9.47 Å². The van der Waals surface area contributed by atoms with Crippen molar-refractivity contribution < 1.29 is 9.47 Å². The van der Waals surface area contributed by atoms with Gasteiger partial charge in [0.15, 0.2) is 0 Å². The van der Waals surface area contributed by atoms with E-state index in [2.05, 4.69) is 35.3 Å². The molecule has 2 aliphatic rings. The van der Waals surface area contributed by atoms with Crippen molar-refractivity contribution in [3.05, 3.63) is 33.8 Å². The normalized spacial score (nSPS) is 17.7. The number of benzene rings is 1. The van der Waals surface area contributed by atoms with E-state index in [0.29, 0.717) is 59.9 Å².